The SMILES string of the molecule is O=C(O)[C@@H]1CCCN1S(=O)(=O)CCOCCN1C(=O)c2ccccc2C1=O. The number of fused-ring (bicyclic) bond motifs is 1. The van der Waals surface area contributed by atoms with Gasteiger partial charge in [-0.2, -0.15) is 4.31 Å². The fourth-order valence-electron chi connectivity index (χ4n) is 3.30. The number of benzene rings is 1. The van der Waals surface area contributed by atoms with Crippen LogP contribution in [-0.2, 0) is 19.6 Å². The minimum Gasteiger partial charge on any atom is -0.480 e. The Kier molecular flexibility index (Phi) is 5.59. The first-order valence-corrected chi connectivity index (χ1v) is 10.2. The van der Waals surface area contributed by atoms with Crippen molar-refractivity contribution in [2.75, 3.05) is 32.1 Å². The van der Waals surface area contributed by atoms with E-state index < -0.39 is 33.8 Å². The van der Waals surface area contributed by atoms with E-state index in [0.29, 0.717) is 24.0 Å². The van der Waals surface area contributed by atoms with Crippen LogP contribution in [0.15, 0.2) is 24.3 Å². The summed E-state index contributed by atoms with van der Waals surface area (Å²) in [6.45, 7) is 0.0693. The van der Waals surface area contributed by atoms with E-state index in [1.54, 1.807) is 24.3 Å². The standard InChI is InChI=1S/C17H20N2O7S/c20-15-12-4-1-2-5-13(12)16(21)18(15)8-9-26-10-11-27(24,25)19-7-3-6-14(19)17(22)23/h1-2,4-5,14H,3,6-11H2,(H,22,23)/t14-/m0/s1. The van der Waals surface area contributed by atoms with Crippen LogP contribution in [-0.4, -0.2) is 78.6 Å². The van der Waals surface area contributed by atoms with Gasteiger partial charge in [-0.05, 0) is 25.0 Å². The van der Waals surface area contributed by atoms with Gasteiger partial charge in [0.2, 0.25) is 10.0 Å². The Bertz CT molecular complexity index is 833. The summed E-state index contributed by atoms with van der Waals surface area (Å²) < 4.78 is 30.9. The van der Waals surface area contributed by atoms with Gasteiger partial charge in [0.15, 0.2) is 0 Å². The number of carbonyl (C=O) groups excluding carboxylic acids is 2. The summed E-state index contributed by atoms with van der Waals surface area (Å²) in [5.41, 5.74) is 0.692. The van der Waals surface area contributed by atoms with Crippen molar-refractivity contribution in [1.82, 2.24) is 9.21 Å². The lowest BCUT2D eigenvalue weighted by molar-refractivity contribution is -0.140. The number of hydrogen-bond donors (Lipinski definition) is 1. The third-order valence-corrected chi connectivity index (χ3v) is 6.50. The van der Waals surface area contributed by atoms with Gasteiger partial charge in [-0.15, -0.1) is 0 Å². The first kappa shape index (κ1) is 19.5. The van der Waals surface area contributed by atoms with E-state index >= 15 is 0 Å². The molecule has 0 bridgehead atoms. The lowest BCUT2D eigenvalue weighted by Crippen LogP contribution is -2.42. The molecule has 2 aliphatic rings. The zero-order chi connectivity index (χ0) is 19.6. The fourth-order valence-corrected chi connectivity index (χ4v) is 4.86. The number of hydrogen-bond acceptors (Lipinski definition) is 6. The number of carboxylic acids is 1. The van der Waals surface area contributed by atoms with Crippen LogP contribution in [0.25, 0.3) is 0 Å². The second kappa shape index (κ2) is 7.75. The van der Waals surface area contributed by atoms with Crippen LogP contribution in [0.3, 0.4) is 0 Å². The molecular formula is C17H20N2O7S. The molecule has 1 aromatic rings. The van der Waals surface area contributed by atoms with E-state index in [1.165, 1.54) is 0 Å². The minimum absolute atomic E-state index is 0.00332. The van der Waals surface area contributed by atoms with Gasteiger partial charge in [-0.1, -0.05) is 12.1 Å². The number of amides is 2. The predicted octanol–water partition coefficient (Wildman–Crippen LogP) is 0.178. The van der Waals surface area contributed by atoms with Crippen molar-refractivity contribution < 1.29 is 32.6 Å². The molecule has 2 aliphatic heterocycles. The molecule has 0 unspecified atom stereocenters. The first-order valence-electron chi connectivity index (χ1n) is 8.58. The number of imide groups is 1. The molecule has 1 atom stereocenters. The number of carboxylic acid groups (broad SMARTS) is 1. The molecule has 2 heterocycles. The highest BCUT2D eigenvalue weighted by Crippen LogP contribution is 2.23. The fraction of sp³-hybridized carbons (Fsp3) is 0.471. The number of carbonyl (C=O) groups is 3. The third-order valence-electron chi connectivity index (χ3n) is 4.67. The Labute approximate surface area is 156 Å². The molecule has 0 radical (unpaired) electrons. The summed E-state index contributed by atoms with van der Waals surface area (Å²) in [5.74, 6) is -2.29. The van der Waals surface area contributed by atoms with Gasteiger partial charge in [0.25, 0.3) is 11.8 Å². The maximum absolute atomic E-state index is 12.3. The molecule has 3 rings (SSSR count). The van der Waals surface area contributed by atoms with Crippen LogP contribution in [0.5, 0.6) is 0 Å². The normalized spacial score (nSPS) is 20.3. The molecule has 1 fully saturated rings. The second-order valence-corrected chi connectivity index (χ2v) is 8.38. The number of nitrogens with zero attached hydrogens (tertiary/aromatic N) is 2. The highest BCUT2D eigenvalue weighted by Gasteiger charge is 2.38. The van der Waals surface area contributed by atoms with Gasteiger partial charge in [0, 0.05) is 6.54 Å². The van der Waals surface area contributed by atoms with Crippen LogP contribution in [0.4, 0.5) is 0 Å². The lowest BCUT2D eigenvalue weighted by atomic mass is 10.1. The monoisotopic (exact) mass is 396 g/mol. The lowest BCUT2D eigenvalue weighted by Gasteiger charge is -2.21. The largest absolute Gasteiger partial charge is 0.480 e. The van der Waals surface area contributed by atoms with Crippen LogP contribution >= 0.6 is 0 Å². The summed E-state index contributed by atoms with van der Waals surface area (Å²) in [5, 5.41) is 9.10. The maximum Gasteiger partial charge on any atom is 0.322 e. The van der Waals surface area contributed by atoms with Crippen molar-refractivity contribution in [3.8, 4) is 0 Å². The zero-order valence-electron chi connectivity index (χ0n) is 14.5. The minimum atomic E-state index is -3.74. The summed E-state index contributed by atoms with van der Waals surface area (Å²) in [6, 6.07) is 5.50. The van der Waals surface area contributed by atoms with Gasteiger partial charge in [-0.25, -0.2) is 8.42 Å². The summed E-state index contributed by atoms with van der Waals surface area (Å²) >= 11 is 0. The van der Waals surface area contributed by atoms with Gasteiger partial charge in [0.05, 0.1) is 36.6 Å². The topological polar surface area (TPSA) is 121 Å². The highest BCUT2D eigenvalue weighted by atomic mass is 32.2. The summed E-state index contributed by atoms with van der Waals surface area (Å²) in [7, 11) is -3.74. The molecule has 0 spiro atoms. The van der Waals surface area contributed by atoms with Gasteiger partial charge >= 0.3 is 5.97 Å². The smallest absolute Gasteiger partial charge is 0.322 e. The molecule has 27 heavy (non-hydrogen) atoms. The molecule has 0 aromatic heterocycles. The predicted molar refractivity (Wildman–Crippen MR) is 93.8 cm³/mol. The zero-order valence-corrected chi connectivity index (χ0v) is 15.4. The van der Waals surface area contributed by atoms with E-state index in [2.05, 4.69) is 0 Å². The quantitative estimate of drug-likeness (QED) is 0.491. The van der Waals surface area contributed by atoms with E-state index in [9.17, 15) is 22.8 Å². The van der Waals surface area contributed by atoms with Gasteiger partial charge < -0.3 is 9.84 Å². The van der Waals surface area contributed by atoms with Gasteiger partial charge in [-0.3, -0.25) is 19.3 Å². The summed E-state index contributed by atoms with van der Waals surface area (Å²) in [4.78, 5) is 36.6. The van der Waals surface area contributed by atoms with Crippen molar-refractivity contribution in [2.45, 2.75) is 18.9 Å². The summed E-state index contributed by atoms with van der Waals surface area (Å²) in [6.07, 6.45) is 0.811. The highest BCUT2D eigenvalue weighted by molar-refractivity contribution is 7.89. The van der Waals surface area contributed by atoms with Crippen LogP contribution in [0, 0.1) is 0 Å². The first-order chi connectivity index (χ1) is 12.8. The number of aliphatic carboxylic acids is 1. The van der Waals surface area contributed by atoms with Crippen LogP contribution in [0.1, 0.15) is 33.6 Å². The van der Waals surface area contributed by atoms with E-state index in [-0.39, 0.29) is 32.1 Å². The number of sulfonamides is 1. The Morgan fingerprint density at radius 2 is 1.78 bits per heavy atom. The molecule has 9 nitrogen and oxygen atoms in total. The molecule has 10 heteroatoms. The van der Waals surface area contributed by atoms with Crippen LogP contribution < -0.4 is 0 Å². The Morgan fingerprint density at radius 1 is 1.15 bits per heavy atom. The molecule has 1 aromatic carbocycles. The molecule has 1 saturated heterocycles. The second-order valence-electron chi connectivity index (χ2n) is 6.34. The number of rotatable bonds is 8. The molecule has 0 aliphatic carbocycles. The molecule has 0 saturated carbocycles. The van der Waals surface area contributed by atoms with Gasteiger partial charge in [0.1, 0.15) is 6.04 Å². The van der Waals surface area contributed by atoms with E-state index in [4.69, 9.17) is 9.84 Å². The maximum atomic E-state index is 12.3. The average molecular weight is 396 g/mol. The molecule has 146 valence electrons. The van der Waals surface area contributed by atoms with E-state index in [0.717, 1.165) is 9.21 Å². The van der Waals surface area contributed by atoms with E-state index in [1.807, 2.05) is 0 Å². The van der Waals surface area contributed by atoms with Crippen molar-refractivity contribution >= 4 is 27.8 Å². The van der Waals surface area contributed by atoms with Crippen molar-refractivity contribution in [3.05, 3.63) is 35.4 Å². The third kappa shape index (κ3) is 3.87. The molecular weight excluding hydrogens is 376 g/mol. The van der Waals surface area contributed by atoms with Crippen LogP contribution in [0.2, 0.25) is 0 Å². The Balaban J connectivity index is 1.47. The average Bonchev–Trinajstić information content (AvgIpc) is 3.22. The van der Waals surface area contributed by atoms with Crippen molar-refractivity contribution in [2.24, 2.45) is 0 Å². The number of ether oxygens (including phenoxy) is 1. The molecule has 2 amide bonds. The Hall–Kier alpha value is -2.30. The van der Waals surface area contributed by atoms with Crippen molar-refractivity contribution in [3.63, 3.8) is 0 Å². The Morgan fingerprint density at radius 3 is 2.37 bits per heavy atom. The van der Waals surface area contributed by atoms with Crippen molar-refractivity contribution in [1.29, 1.82) is 0 Å². The molecule has 1 N–H and O–H groups in total.